The molecule has 2 unspecified atom stereocenters. The van der Waals surface area contributed by atoms with Crippen molar-refractivity contribution in [3.8, 4) is 0 Å². The Hall–Kier alpha value is -1.02. The second-order valence-electron chi connectivity index (χ2n) is 5.16. The van der Waals surface area contributed by atoms with Gasteiger partial charge in [0.25, 0.3) is 0 Å². The highest BCUT2D eigenvalue weighted by atomic mass is 16.5. The van der Waals surface area contributed by atoms with Gasteiger partial charge < -0.3 is 10.1 Å². The molecule has 1 saturated carbocycles. The first-order valence-electron chi connectivity index (χ1n) is 6.63. The molecule has 2 heteroatoms. The van der Waals surface area contributed by atoms with Crippen molar-refractivity contribution in [2.75, 3.05) is 19.0 Å². The summed E-state index contributed by atoms with van der Waals surface area (Å²) < 4.78 is 5.16. The summed E-state index contributed by atoms with van der Waals surface area (Å²) >= 11 is 0. The van der Waals surface area contributed by atoms with Crippen LogP contribution in [0.2, 0.25) is 0 Å². The van der Waals surface area contributed by atoms with Crippen LogP contribution >= 0.6 is 0 Å². The van der Waals surface area contributed by atoms with Crippen molar-refractivity contribution in [2.45, 2.75) is 38.6 Å². The largest absolute Gasteiger partial charge is 0.384 e. The van der Waals surface area contributed by atoms with E-state index < -0.39 is 0 Å². The second-order valence-corrected chi connectivity index (χ2v) is 5.16. The molecule has 0 saturated heterocycles. The number of ether oxygens (including phenoxy) is 1. The minimum Gasteiger partial charge on any atom is -0.384 e. The minimum absolute atomic E-state index is 0.661. The van der Waals surface area contributed by atoms with Crippen LogP contribution < -0.4 is 5.32 Å². The Balaban J connectivity index is 1.99. The lowest BCUT2D eigenvalue weighted by atomic mass is 10.1. The predicted molar refractivity (Wildman–Crippen MR) is 72.4 cm³/mol. The van der Waals surface area contributed by atoms with Gasteiger partial charge in [0, 0.05) is 18.8 Å². The van der Waals surface area contributed by atoms with Crippen LogP contribution in [0.15, 0.2) is 24.3 Å². The van der Waals surface area contributed by atoms with Crippen LogP contribution in [-0.4, -0.2) is 19.8 Å². The number of para-hydroxylation sites is 1. The van der Waals surface area contributed by atoms with Crippen LogP contribution in [0.3, 0.4) is 0 Å². The van der Waals surface area contributed by atoms with Crippen LogP contribution in [-0.2, 0) is 11.2 Å². The van der Waals surface area contributed by atoms with Crippen LogP contribution in [0.25, 0.3) is 0 Å². The van der Waals surface area contributed by atoms with Gasteiger partial charge in [0.05, 0.1) is 6.61 Å². The van der Waals surface area contributed by atoms with E-state index in [1.54, 1.807) is 7.11 Å². The van der Waals surface area contributed by atoms with Crippen LogP contribution in [0, 0.1) is 5.92 Å². The first-order valence-corrected chi connectivity index (χ1v) is 6.63. The molecule has 1 aliphatic rings. The van der Waals surface area contributed by atoms with Gasteiger partial charge in [-0.15, -0.1) is 0 Å². The third-order valence-corrected chi connectivity index (χ3v) is 3.65. The van der Waals surface area contributed by atoms with Crippen molar-refractivity contribution < 1.29 is 4.74 Å². The number of rotatable bonds is 5. The molecule has 0 spiro atoms. The number of anilines is 1. The van der Waals surface area contributed by atoms with Crippen molar-refractivity contribution >= 4 is 5.69 Å². The normalized spacial score (nSPS) is 23.9. The first-order chi connectivity index (χ1) is 8.29. The van der Waals surface area contributed by atoms with Crippen molar-refractivity contribution in [3.05, 3.63) is 29.8 Å². The number of hydrogen-bond acceptors (Lipinski definition) is 2. The molecule has 2 rings (SSSR count). The second kappa shape index (κ2) is 6.06. The zero-order chi connectivity index (χ0) is 12.1. The molecule has 1 aromatic rings. The van der Waals surface area contributed by atoms with Gasteiger partial charge >= 0.3 is 0 Å². The number of benzene rings is 1. The first kappa shape index (κ1) is 12.4. The molecule has 1 aliphatic carbocycles. The zero-order valence-electron chi connectivity index (χ0n) is 10.9. The van der Waals surface area contributed by atoms with Crippen molar-refractivity contribution in [2.24, 2.45) is 5.92 Å². The van der Waals surface area contributed by atoms with E-state index in [1.807, 2.05) is 0 Å². The lowest BCUT2D eigenvalue weighted by Crippen LogP contribution is -2.16. The fourth-order valence-electron chi connectivity index (χ4n) is 2.65. The Kier molecular flexibility index (Phi) is 4.43. The van der Waals surface area contributed by atoms with E-state index >= 15 is 0 Å². The highest BCUT2D eigenvalue weighted by molar-refractivity contribution is 5.52. The zero-order valence-corrected chi connectivity index (χ0v) is 10.9. The molecule has 0 heterocycles. The molecule has 17 heavy (non-hydrogen) atoms. The maximum absolute atomic E-state index is 5.16. The smallest absolute Gasteiger partial charge is 0.0503 e. The van der Waals surface area contributed by atoms with Gasteiger partial charge in [-0.25, -0.2) is 0 Å². The summed E-state index contributed by atoms with van der Waals surface area (Å²) in [6, 6.07) is 9.26. The Labute approximate surface area is 104 Å². The number of nitrogens with one attached hydrogen (secondary N) is 1. The van der Waals surface area contributed by atoms with E-state index in [2.05, 4.69) is 36.5 Å². The van der Waals surface area contributed by atoms with E-state index in [9.17, 15) is 0 Å². The van der Waals surface area contributed by atoms with Gasteiger partial charge in [0.1, 0.15) is 0 Å². The summed E-state index contributed by atoms with van der Waals surface area (Å²) in [5, 5.41) is 3.69. The molecule has 0 amide bonds. The third-order valence-electron chi connectivity index (χ3n) is 3.65. The van der Waals surface area contributed by atoms with Crippen molar-refractivity contribution in [1.29, 1.82) is 0 Å². The maximum Gasteiger partial charge on any atom is 0.0503 e. The Bertz CT molecular complexity index is 351. The van der Waals surface area contributed by atoms with Gasteiger partial charge in [-0.1, -0.05) is 25.1 Å². The Morgan fingerprint density at radius 3 is 2.82 bits per heavy atom. The monoisotopic (exact) mass is 233 g/mol. The fraction of sp³-hybridized carbons (Fsp3) is 0.600. The van der Waals surface area contributed by atoms with Crippen molar-refractivity contribution in [1.82, 2.24) is 0 Å². The van der Waals surface area contributed by atoms with Gasteiger partial charge in [-0.3, -0.25) is 0 Å². The molecular weight excluding hydrogens is 210 g/mol. The fourth-order valence-corrected chi connectivity index (χ4v) is 2.65. The lowest BCUT2D eigenvalue weighted by molar-refractivity contribution is 0.202. The topological polar surface area (TPSA) is 21.3 Å². The molecule has 1 fully saturated rings. The summed E-state index contributed by atoms with van der Waals surface area (Å²) in [6.07, 6.45) is 4.96. The molecule has 2 atom stereocenters. The van der Waals surface area contributed by atoms with Gasteiger partial charge in [0.2, 0.25) is 0 Å². The molecule has 1 aromatic carbocycles. The molecule has 1 N–H and O–H groups in total. The van der Waals surface area contributed by atoms with Crippen LogP contribution in [0.1, 0.15) is 31.7 Å². The molecule has 2 nitrogen and oxygen atoms in total. The molecule has 0 aromatic heterocycles. The quantitative estimate of drug-likeness (QED) is 0.840. The molecule has 0 bridgehead atoms. The van der Waals surface area contributed by atoms with Gasteiger partial charge in [0.15, 0.2) is 0 Å². The third kappa shape index (κ3) is 3.47. The minimum atomic E-state index is 0.661. The van der Waals surface area contributed by atoms with E-state index in [-0.39, 0.29) is 0 Å². The van der Waals surface area contributed by atoms with E-state index in [4.69, 9.17) is 4.74 Å². The summed E-state index contributed by atoms with van der Waals surface area (Å²) in [5.74, 6) is 0.874. The van der Waals surface area contributed by atoms with Gasteiger partial charge in [-0.05, 0) is 43.2 Å². The average molecular weight is 233 g/mol. The molecule has 94 valence electrons. The van der Waals surface area contributed by atoms with Gasteiger partial charge in [-0.2, -0.15) is 0 Å². The highest BCUT2D eigenvalue weighted by Crippen LogP contribution is 2.28. The number of methoxy groups -OCH3 is 1. The Morgan fingerprint density at radius 1 is 1.29 bits per heavy atom. The van der Waals surface area contributed by atoms with E-state index in [1.165, 1.54) is 30.5 Å². The Morgan fingerprint density at radius 2 is 2.12 bits per heavy atom. The average Bonchev–Trinajstić information content (AvgIpc) is 2.74. The standard InChI is InChI=1S/C15H23NO/c1-12-7-8-14(11-12)16-15-6-4-3-5-13(15)9-10-17-2/h3-6,12,14,16H,7-11H2,1-2H3. The summed E-state index contributed by atoms with van der Waals surface area (Å²) in [4.78, 5) is 0. The predicted octanol–water partition coefficient (Wildman–Crippen LogP) is 3.48. The van der Waals surface area contributed by atoms with Crippen LogP contribution in [0.5, 0.6) is 0 Å². The highest BCUT2D eigenvalue weighted by Gasteiger charge is 2.21. The molecular formula is C15H23NO. The summed E-state index contributed by atoms with van der Waals surface area (Å²) in [6.45, 7) is 3.14. The van der Waals surface area contributed by atoms with Crippen molar-refractivity contribution in [3.63, 3.8) is 0 Å². The van der Waals surface area contributed by atoms with E-state index in [0.29, 0.717) is 6.04 Å². The molecule has 0 radical (unpaired) electrons. The molecule has 0 aliphatic heterocycles. The summed E-state index contributed by atoms with van der Waals surface area (Å²) in [7, 11) is 1.76. The summed E-state index contributed by atoms with van der Waals surface area (Å²) in [5.41, 5.74) is 2.66. The van der Waals surface area contributed by atoms with Crippen LogP contribution in [0.4, 0.5) is 5.69 Å². The number of hydrogen-bond donors (Lipinski definition) is 1. The van der Waals surface area contributed by atoms with E-state index in [0.717, 1.165) is 18.9 Å². The SMILES string of the molecule is COCCc1ccccc1NC1CCC(C)C1. The lowest BCUT2D eigenvalue weighted by Gasteiger charge is -2.17. The maximum atomic E-state index is 5.16.